The Morgan fingerprint density at radius 1 is 1.00 bits per heavy atom. The molecule has 0 spiro atoms. The Kier molecular flexibility index (Phi) is 4.67. The molecule has 114 valence electrons. The van der Waals surface area contributed by atoms with Crippen molar-refractivity contribution in [1.29, 1.82) is 0 Å². The van der Waals surface area contributed by atoms with Crippen molar-refractivity contribution in [2.24, 2.45) is 0 Å². The topological polar surface area (TPSA) is 95.9 Å². The van der Waals surface area contributed by atoms with E-state index in [1.807, 2.05) is 0 Å². The van der Waals surface area contributed by atoms with Gasteiger partial charge in [-0.15, -0.1) is 0 Å². The quantitative estimate of drug-likeness (QED) is 0.748. The molecule has 0 atom stereocenters. The largest absolute Gasteiger partial charge is 0.497 e. The molecule has 0 aliphatic rings. The number of ether oxygens (including phenoxy) is 1. The molecule has 0 heterocycles. The Morgan fingerprint density at radius 2 is 1.55 bits per heavy atom. The Bertz CT molecular complexity index is 745. The molecule has 0 aliphatic carbocycles. The molecule has 7 heteroatoms. The number of anilines is 2. The average molecular weight is 366 g/mol. The minimum absolute atomic E-state index is 0.0152. The number of carboxylic acids is 2. The lowest BCUT2D eigenvalue weighted by atomic mass is 10.1. The molecule has 0 saturated heterocycles. The van der Waals surface area contributed by atoms with Crippen molar-refractivity contribution in [3.05, 3.63) is 52.0 Å². The van der Waals surface area contributed by atoms with E-state index in [0.717, 1.165) is 0 Å². The summed E-state index contributed by atoms with van der Waals surface area (Å²) >= 11 is 3.20. The fraction of sp³-hybridized carbons (Fsp3) is 0.0667. The van der Waals surface area contributed by atoms with E-state index in [1.54, 1.807) is 18.2 Å². The molecule has 0 radical (unpaired) electrons. The first kappa shape index (κ1) is 15.8. The predicted octanol–water partition coefficient (Wildman–Crippen LogP) is 3.60. The van der Waals surface area contributed by atoms with Crippen molar-refractivity contribution >= 4 is 39.2 Å². The third-order valence-corrected chi connectivity index (χ3v) is 3.43. The van der Waals surface area contributed by atoms with E-state index in [1.165, 1.54) is 25.3 Å². The second-order valence-corrected chi connectivity index (χ2v) is 5.25. The number of carbonyl (C=O) groups is 2. The Labute approximate surface area is 134 Å². The first-order valence-corrected chi connectivity index (χ1v) is 6.93. The summed E-state index contributed by atoms with van der Waals surface area (Å²) in [4.78, 5) is 22.6. The third-order valence-electron chi connectivity index (χ3n) is 2.94. The van der Waals surface area contributed by atoms with Crippen LogP contribution in [0, 0.1) is 0 Å². The summed E-state index contributed by atoms with van der Waals surface area (Å²) in [6, 6.07) is 9.14. The van der Waals surface area contributed by atoms with E-state index >= 15 is 0 Å². The molecule has 0 saturated carbocycles. The number of nitrogens with one attached hydrogen (secondary N) is 1. The summed E-state index contributed by atoms with van der Waals surface area (Å²) in [6.45, 7) is 0. The van der Waals surface area contributed by atoms with E-state index < -0.39 is 11.9 Å². The van der Waals surface area contributed by atoms with Crippen molar-refractivity contribution in [2.45, 2.75) is 0 Å². The third kappa shape index (κ3) is 3.37. The van der Waals surface area contributed by atoms with Gasteiger partial charge in [-0.1, -0.05) is 15.9 Å². The maximum absolute atomic E-state index is 11.3. The van der Waals surface area contributed by atoms with Gasteiger partial charge in [-0.2, -0.15) is 0 Å². The fourth-order valence-corrected chi connectivity index (χ4v) is 2.24. The van der Waals surface area contributed by atoms with Gasteiger partial charge in [0.1, 0.15) is 5.75 Å². The normalized spacial score (nSPS) is 10.1. The number of carboxylic acid groups (broad SMARTS) is 2. The average Bonchev–Trinajstić information content (AvgIpc) is 2.49. The molecule has 22 heavy (non-hydrogen) atoms. The zero-order chi connectivity index (χ0) is 16.3. The molecular weight excluding hydrogens is 354 g/mol. The first-order chi connectivity index (χ1) is 10.4. The number of rotatable bonds is 5. The van der Waals surface area contributed by atoms with Crippen molar-refractivity contribution < 1.29 is 24.5 Å². The van der Waals surface area contributed by atoms with Gasteiger partial charge in [-0.25, -0.2) is 9.59 Å². The maximum atomic E-state index is 11.3. The first-order valence-electron chi connectivity index (χ1n) is 6.13. The summed E-state index contributed by atoms with van der Waals surface area (Å²) in [5, 5.41) is 21.3. The zero-order valence-electron chi connectivity index (χ0n) is 11.5. The molecule has 0 fully saturated rings. The second-order valence-electron chi connectivity index (χ2n) is 4.34. The van der Waals surface area contributed by atoms with Crippen molar-refractivity contribution in [1.82, 2.24) is 0 Å². The summed E-state index contributed by atoms with van der Waals surface area (Å²) in [6.07, 6.45) is 0. The van der Waals surface area contributed by atoms with Crippen LogP contribution in [0.5, 0.6) is 5.75 Å². The van der Waals surface area contributed by atoms with E-state index in [0.29, 0.717) is 15.9 Å². The van der Waals surface area contributed by atoms with Gasteiger partial charge in [-0.05, 0) is 36.4 Å². The number of aromatic carboxylic acids is 2. The molecule has 0 unspecified atom stereocenters. The van der Waals surface area contributed by atoms with Gasteiger partial charge in [0.15, 0.2) is 0 Å². The standard InChI is InChI=1S/C15H12BrNO5/c1-22-9-3-5-13(11(7-9)15(20)21)17-12-4-2-8(16)6-10(12)14(18)19/h2-7,17H,1H3,(H,18,19)(H,20,21). The molecule has 2 rings (SSSR count). The van der Waals surface area contributed by atoms with Gasteiger partial charge < -0.3 is 20.3 Å². The number of hydrogen-bond acceptors (Lipinski definition) is 4. The van der Waals surface area contributed by atoms with Crippen LogP contribution in [0.1, 0.15) is 20.7 Å². The molecule has 2 aromatic rings. The molecule has 2 aromatic carbocycles. The van der Waals surface area contributed by atoms with Crippen molar-refractivity contribution in [3.63, 3.8) is 0 Å². The highest BCUT2D eigenvalue weighted by Crippen LogP contribution is 2.28. The molecular formula is C15H12BrNO5. The molecule has 0 bridgehead atoms. The van der Waals surface area contributed by atoms with Gasteiger partial charge in [0, 0.05) is 4.47 Å². The number of benzene rings is 2. The Morgan fingerprint density at radius 3 is 2.09 bits per heavy atom. The van der Waals surface area contributed by atoms with Gasteiger partial charge in [-0.3, -0.25) is 0 Å². The molecule has 0 amide bonds. The summed E-state index contributed by atoms with van der Waals surface area (Å²) < 4.78 is 5.61. The minimum Gasteiger partial charge on any atom is -0.497 e. The van der Waals surface area contributed by atoms with Crippen molar-refractivity contribution in [3.8, 4) is 5.75 Å². The summed E-state index contributed by atoms with van der Waals surface area (Å²) in [7, 11) is 1.44. The van der Waals surface area contributed by atoms with Crippen LogP contribution in [-0.4, -0.2) is 29.3 Å². The lowest BCUT2D eigenvalue weighted by molar-refractivity contribution is 0.0687. The zero-order valence-corrected chi connectivity index (χ0v) is 13.0. The van der Waals surface area contributed by atoms with Crippen LogP contribution < -0.4 is 10.1 Å². The lowest BCUT2D eigenvalue weighted by Gasteiger charge is -2.13. The van der Waals surface area contributed by atoms with E-state index in [2.05, 4.69) is 21.2 Å². The van der Waals surface area contributed by atoms with E-state index in [4.69, 9.17) is 4.74 Å². The van der Waals surface area contributed by atoms with Gasteiger partial charge in [0.05, 0.1) is 29.6 Å². The van der Waals surface area contributed by atoms with Crippen LogP contribution in [0.4, 0.5) is 11.4 Å². The van der Waals surface area contributed by atoms with Crippen LogP contribution in [0.2, 0.25) is 0 Å². The highest BCUT2D eigenvalue weighted by atomic mass is 79.9. The fourth-order valence-electron chi connectivity index (χ4n) is 1.88. The van der Waals surface area contributed by atoms with Crippen LogP contribution >= 0.6 is 15.9 Å². The molecule has 3 N–H and O–H groups in total. The van der Waals surface area contributed by atoms with Gasteiger partial charge in [0.25, 0.3) is 0 Å². The highest BCUT2D eigenvalue weighted by Gasteiger charge is 2.15. The van der Waals surface area contributed by atoms with E-state index in [-0.39, 0.29) is 16.8 Å². The molecule has 0 aliphatic heterocycles. The van der Waals surface area contributed by atoms with Gasteiger partial charge in [0.2, 0.25) is 0 Å². The van der Waals surface area contributed by atoms with Crippen LogP contribution in [0.25, 0.3) is 0 Å². The maximum Gasteiger partial charge on any atom is 0.337 e. The van der Waals surface area contributed by atoms with Gasteiger partial charge >= 0.3 is 11.9 Å². The van der Waals surface area contributed by atoms with Crippen LogP contribution in [0.3, 0.4) is 0 Å². The van der Waals surface area contributed by atoms with Crippen LogP contribution in [0.15, 0.2) is 40.9 Å². The number of hydrogen-bond donors (Lipinski definition) is 3. The van der Waals surface area contributed by atoms with Crippen molar-refractivity contribution in [2.75, 3.05) is 12.4 Å². The highest BCUT2D eigenvalue weighted by molar-refractivity contribution is 9.10. The monoisotopic (exact) mass is 365 g/mol. The minimum atomic E-state index is -1.14. The predicted molar refractivity (Wildman–Crippen MR) is 84.3 cm³/mol. The Balaban J connectivity index is 2.47. The lowest BCUT2D eigenvalue weighted by Crippen LogP contribution is -2.07. The second kappa shape index (κ2) is 6.48. The SMILES string of the molecule is COc1ccc(Nc2ccc(Br)cc2C(=O)O)c(C(=O)O)c1. The Hall–Kier alpha value is -2.54. The molecule has 6 nitrogen and oxygen atoms in total. The number of methoxy groups -OCH3 is 1. The smallest absolute Gasteiger partial charge is 0.337 e. The summed E-state index contributed by atoms with van der Waals surface area (Å²) in [5.74, 6) is -1.86. The molecule has 0 aromatic heterocycles. The number of halogens is 1. The van der Waals surface area contributed by atoms with Crippen LogP contribution in [-0.2, 0) is 0 Å². The van der Waals surface area contributed by atoms with E-state index in [9.17, 15) is 19.8 Å². The summed E-state index contributed by atoms with van der Waals surface area (Å²) in [5.41, 5.74) is 0.585.